The van der Waals surface area contributed by atoms with E-state index in [1.54, 1.807) is 6.07 Å². The molecule has 21 heavy (non-hydrogen) atoms. The van der Waals surface area contributed by atoms with Crippen LogP contribution in [0.15, 0.2) is 48.5 Å². The third-order valence-electron chi connectivity index (χ3n) is 2.73. The minimum Gasteiger partial charge on any atom is -0.457 e. The number of alkyl halides is 3. The molecule has 0 unspecified atom stereocenters. The second kappa shape index (κ2) is 6.52. The van der Waals surface area contributed by atoms with E-state index in [2.05, 4.69) is 11.7 Å². The summed E-state index contributed by atoms with van der Waals surface area (Å²) in [5.41, 5.74) is 1.16. The first-order valence-electron chi connectivity index (χ1n) is 6.59. The first-order chi connectivity index (χ1) is 9.96. The van der Waals surface area contributed by atoms with Crippen LogP contribution in [0.3, 0.4) is 0 Å². The Morgan fingerprint density at radius 2 is 1.57 bits per heavy atom. The maximum atomic E-state index is 12.1. The Balaban J connectivity index is 2.04. The van der Waals surface area contributed by atoms with E-state index in [1.807, 2.05) is 18.2 Å². The van der Waals surface area contributed by atoms with Gasteiger partial charge in [-0.25, -0.2) is 0 Å². The number of ether oxygens (including phenoxy) is 2. The number of aryl methyl sites for hydroxylation is 1. The molecular weight excluding hydrogens is 281 g/mol. The highest BCUT2D eigenvalue weighted by atomic mass is 19.4. The van der Waals surface area contributed by atoms with Crippen LogP contribution in [-0.2, 0) is 6.42 Å². The van der Waals surface area contributed by atoms with Gasteiger partial charge in [-0.3, -0.25) is 0 Å². The Kier molecular flexibility index (Phi) is 4.73. The third kappa shape index (κ3) is 5.02. The molecule has 0 atom stereocenters. The van der Waals surface area contributed by atoms with Crippen molar-refractivity contribution >= 4 is 0 Å². The molecule has 0 fully saturated rings. The molecule has 5 heteroatoms. The van der Waals surface area contributed by atoms with Crippen LogP contribution >= 0.6 is 0 Å². The number of hydrogen-bond acceptors (Lipinski definition) is 2. The third-order valence-corrected chi connectivity index (χ3v) is 2.73. The minimum atomic E-state index is -4.68. The molecule has 0 aromatic heterocycles. The molecule has 0 aliphatic rings. The SMILES string of the molecule is CCCc1cccc(Oc2ccc(OC(F)(F)F)cc2)c1. The van der Waals surface area contributed by atoms with Gasteiger partial charge in [0.15, 0.2) is 0 Å². The molecular formula is C16H15F3O2. The highest BCUT2D eigenvalue weighted by Gasteiger charge is 2.30. The van der Waals surface area contributed by atoms with E-state index >= 15 is 0 Å². The molecule has 2 aromatic rings. The number of halogens is 3. The fourth-order valence-electron chi connectivity index (χ4n) is 1.90. The Morgan fingerprint density at radius 3 is 2.19 bits per heavy atom. The van der Waals surface area contributed by atoms with Crippen LogP contribution in [0, 0.1) is 0 Å². The monoisotopic (exact) mass is 296 g/mol. The second-order valence-electron chi connectivity index (χ2n) is 4.52. The highest BCUT2D eigenvalue weighted by molar-refractivity contribution is 5.36. The van der Waals surface area contributed by atoms with Crippen molar-refractivity contribution in [2.24, 2.45) is 0 Å². The van der Waals surface area contributed by atoms with Crippen LogP contribution in [0.1, 0.15) is 18.9 Å². The molecule has 0 heterocycles. The van der Waals surface area contributed by atoms with E-state index in [0.29, 0.717) is 11.5 Å². The summed E-state index contributed by atoms with van der Waals surface area (Å²) in [4.78, 5) is 0. The van der Waals surface area contributed by atoms with E-state index in [9.17, 15) is 13.2 Å². The Bertz CT molecular complexity index is 577. The summed E-state index contributed by atoms with van der Waals surface area (Å²) in [6, 6.07) is 12.9. The van der Waals surface area contributed by atoms with Crippen LogP contribution in [0.2, 0.25) is 0 Å². The zero-order chi connectivity index (χ0) is 15.3. The lowest BCUT2D eigenvalue weighted by Crippen LogP contribution is -2.16. The molecule has 0 aliphatic heterocycles. The normalized spacial score (nSPS) is 11.2. The topological polar surface area (TPSA) is 18.5 Å². The van der Waals surface area contributed by atoms with E-state index < -0.39 is 6.36 Å². The molecule has 0 spiro atoms. The first kappa shape index (κ1) is 15.2. The smallest absolute Gasteiger partial charge is 0.457 e. The van der Waals surface area contributed by atoms with Gasteiger partial charge in [0.1, 0.15) is 17.2 Å². The van der Waals surface area contributed by atoms with E-state index in [0.717, 1.165) is 18.4 Å². The lowest BCUT2D eigenvalue weighted by molar-refractivity contribution is -0.274. The van der Waals surface area contributed by atoms with Gasteiger partial charge in [0, 0.05) is 0 Å². The molecule has 0 aliphatic carbocycles. The Hall–Kier alpha value is -2.17. The number of benzene rings is 2. The highest BCUT2D eigenvalue weighted by Crippen LogP contribution is 2.27. The lowest BCUT2D eigenvalue weighted by atomic mass is 10.1. The van der Waals surface area contributed by atoms with Gasteiger partial charge in [-0.2, -0.15) is 0 Å². The van der Waals surface area contributed by atoms with Crippen LogP contribution in [0.25, 0.3) is 0 Å². The summed E-state index contributed by atoms with van der Waals surface area (Å²) in [6.45, 7) is 2.09. The zero-order valence-corrected chi connectivity index (χ0v) is 11.5. The van der Waals surface area contributed by atoms with Gasteiger partial charge in [-0.15, -0.1) is 13.2 Å². The van der Waals surface area contributed by atoms with Crippen molar-refractivity contribution in [1.29, 1.82) is 0 Å². The molecule has 2 aromatic carbocycles. The first-order valence-corrected chi connectivity index (χ1v) is 6.59. The summed E-state index contributed by atoms with van der Waals surface area (Å²) in [7, 11) is 0. The van der Waals surface area contributed by atoms with Crippen LogP contribution < -0.4 is 9.47 Å². The van der Waals surface area contributed by atoms with Crippen molar-refractivity contribution < 1.29 is 22.6 Å². The maximum Gasteiger partial charge on any atom is 0.573 e. The van der Waals surface area contributed by atoms with Gasteiger partial charge in [0.05, 0.1) is 0 Å². The largest absolute Gasteiger partial charge is 0.573 e. The van der Waals surface area contributed by atoms with Crippen LogP contribution in [0.4, 0.5) is 13.2 Å². The maximum absolute atomic E-state index is 12.1. The fraction of sp³-hybridized carbons (Fsp3) is 0.250. The zero-order valence-electron chi connectivity index (χ0n) is 11.5. The van der Waals surface area contributed by atoms with Crippen molar-refractivity contribution in [3.63, 3.8) is 0 Å². The van der Waals surface area contributed by atoms with Crippen LogP contribution in [-0.4, -0.2) is 6.36 Å². The van der Waals surface area contributed by atoms with Gasteiger partial charge in [0.2, 0.25) is 0 Å². The standard InChI is InChI=1S/C16H15F3O2/c1-2-4-12-5-3-6-15(11-12)20-13-7-9-14(10-8-13)21-16(17,18)19/h3,5-11H,2,4H2,1H3. The van der Waals surface area contributed by atoms with E-state index in [-0.39, 0.29) is 5.75 Å². The Morgan fingerprint density at radius 1 is 0.905 bits per heavy atom. The molecule has 2 nitrogen and oxygen atoms in total. The second-order valence-corrected chi connectivity index (χ2v) is 4.52. The van der Waals surface area contributed by atoms with Gasteiger partial charge >= 0.3 is 6.36 Å². The average Bonchev–Trinajstić information content (AvgIpc) is 2.40. The summed E-state index contributed by atoms with van der Waals surface area (Å²) < 4.78 is 45.6. The van der Waals surface area contributed by atoms with Crippen molar-refractivity contribution in [2.45, 2.75) is 26.1 Å². The molecule has 0 N–H and O–H groups in total. The Labute approximate surface area is 121 Å². The lowest BCUT2D eigenvalue weighted by Gasteiger charge is -2.10. The summed E-state index contributed by atoms with van der Waals surface area (Å²) >= 11 is 0. The molecule has 0 saturated carbocycles. The van der Waals surface area contributed by atoms with Crippen molar-refractivity contribution in [1.82, 2.24) is 0 Å². The van der Waals surface area contributed by atoms with E-state index in [4.69, 9.17) is 4.74 Å². The van der Waals surface area contributed by atoms with Crippen molar-refractivity contribution in [3.8, 4) is 17.2 Å². The minimum absolute atomic E-state index is 0.269. The van der Waals surface area contributed by atoms with E-state index in [1.165, 1.54) is 24.3 Å². The molecule has 112 valence electrons. The van der Waals surface area contributed by atoms with Gasteiger partial charge in [-0.05, 0) is 48.4 Å². The summed E-state index contributed by atoms with van der Waals surface area (Å²) in [5.74, 6) is 0.846. The van der Waals surface area contributed by atoms with Gasteiger partial charge in [-0.1, -0.05) is 25.5 Å². The van der Waals surface area contributed by atoms with Gasteiger partial charge < -0.3 is 9.47 Å². The van der Waals surface area contributed by atoms with Gasteiger partial charge in [0.25, 0.3) is 0 Å². The molecule has 2 rings (SSSR count). The van der Waals surface area contributed by atoms with Crippen molar-refractivity contribution in [3.05, 3.63) is 54.1 Å². The van der Waals surface area contributed by atoms with Crippen LogP contribution in [0.5, 0.6) is 17.2 Å². The summed E-state index contributed by atoms with van der Waals surface area (Å²) in [6.07, 6.45) is -2.70. The van der Waals surface area contributed by atoms with Crippen molar-refractivity contribution in [2.75, 3.05) is 0 Å². The molecule has 0 amide bonds. The predicted octanol–water partition coefficient (Wildman–Crippen LogP) is 5.33. The molecule has 0 bridgehead atoms. The fourth-order valence-corrected chi connectivity index (χ4v) is 1.90. The number of rotatable bonds is 5. The predicted molar refractivity (Wildman–Crippen MR) is 73.6 cm³/mol. The summed E-state index contributed by atoms with van der Waals surface area (Å²) in [5, 5.41) is 0. The molecule has 0 radical (unpaired) electrons. The molecule has 0 saturated heterocycles. The number of hydrogen-bond donors (Lipinski definition) is 0. The quantitative estimate of drug-likeness (QED) is 0.742. The average molecular weight is 296 g/mol.